The molecule has 0 saturated carbocycles. The van der Waals surface area contributed by atoms with Gasteiger partial charge in [0.05, 0.1) is 12.5 Å². The number of halogens is 1. The Kier molecular flexibility index (Phi) is 5.99. The van der Waals surface area contributed by atoms with Crippen molar-refractivity contribution >= 4 is 5.91 Å². The van der Waals surface area contributed by atoms with Crippen LogP contribution in [0.15, 0.2) is 24.3 Å². The summed E-state index contributed by atoms with van der Waals surface area (Å²) >= 11 is 0. The van der Waals surface area contributed by atoms with E-state index in [-0.39, 0.29) is 29.5 Å². The van der Waals surface area contributed by atoms with E-state index in [1.165, 1.54) is 6.07 Å². The predicted molar refractivity (Wildman–Crippen MR) is 79.7 cm³/mol. The monoisotopic (exact) mass is 294 g/mol. The summed E-state index contributed by atoms with van der Waals surface area (Å²) in [5.41, 5.74) is 0. The van der Waals surface area contributed by atoms with Gasteiger partial charge in [0, 0.05) is 6.54 Å². The van der Waals surface area contributed by atoms with Gasteiger partial charge >= 0.3 is 0 Å². The number of hydrogen-bond donors (Lipinski definition) is 2. The van der Waals surface area contributed by atoms with Crippen molar-refractivity contribution < 1.29 is 13.9 Å². The molecule has 1 fully saturated rings. The quantitative estimate of drug-likeness (QED) is 0.845. The van der Waals surface area contributed by atoms with Gasteiger partial charge < -0.3 is 15.4 Å². The van der Waals surface area contributed by atoms with Crippen molar-refractivity contribution in [3.8, 4) is 5.75 Å². The summed E-state index contributed by atoms with van der Waals surface area (Å²) in [6, 6.07) is 6.33. The van der Waals surface area contributed by atoms with Crippen LogP contribution < -0.4 is 15.4 Å². The molecule has 0 radical (unpaired) electrons. The number of ether oxygens (including phenoxy) is 1. The molecule has 2 rings (SSSR count). The first-order valence-corrected chi connectivity index (χ1v) is 7.60. The van der Waals surface area contributed by atoms with E-state index < -0.39 is 0 Å². The predicted octanol–water partition coefficient (Wildman–Crippen LogP) is 2.10. The lowest BCUT2D eigenvalue weighted by Gasteiger charge is -2.24. The van der Waals surface area contributed by atoms with E-state index in [1.807, 2.05) is 6.92 Å². The third-order valence-electron chi connectivity index (χ3n) is 3.76. The highest BCUT2D eigenvalue weighted by atomic mass is 19.1. The van der Waals surface area contributed by atoms with Gasteiger partial charge in [-0.3, -0.25) is 4.79 Å². The van der Waals surface area contributed by atoms with E-state index in [0.717, 1.165) is 25.9 Å². The first-order valence-electron chi connectivity index (χ1n) is 7.60. The molecule has 1 heterocycles. The highest BCUT2D eigenvalue weighted by Gasteiger charge is 2.21. The molecule has 0 aliphatic carbocycles. The van der Waals surface area contributed by atoms with Crippen LogP contribution in [0.3, 0.4) is 0 Å². The van der Waals surface area contributed by atoms with Crippen molar-refractivity contribution in [2.45, 2.75) is 32.3 Å². The van der Waals surface area contributed by atoms with Gasteiger partial charge in [-0.1, -0.05) is 19.1 Å². The summed E-state index contributed by atoms with van der Waals surface area (Å²) in [7, 11) is 0. The number of carbonyl (C=O) groups excluding carboxylic acids is 1. The minimum absolute atomic E-state index is 0.0321. The molecular formula is C16H23FN2O2. The van der Waals surface area contributed by atoms with Crippen molar-refractivity contribution in [1.82, 2.24) is 10.6 Å². The maximum absolute atomic E-state index is 13.6. The van der Waals surface area contributed by atoms with Gasteiger partial charge in [0.25, 0.3) is 0 Å². The molecule has 4 nitrogen and oxygen atoms in total. The summed E-state index contributed by atoms with van der Waals surface area (Å²) in [6.07, 6.45) is 2.44. The zero-order valence-electron chi connectivity index (χ0n) is 12.4. The molecule has 2 atom stereocenters. The molecule has 0 bridgehead atoms. The third-order valence-corrected chi connectivity index (χ3v) is 3.76. The number of para-hydroxylation sites is 1. The van der Waals surface area contributed by atoms with Gasteiger partial charge in [-0.25, -0.2) is 4.39 Å². The number of carbonyl (C=O) groups is 1. The number of piperidine rings is 1. The fourth-order valence-corrected chi connectivity index (χ4v) is 2.42. The molecule has 2 unspecified atom stereocenters. The molecule has 1 aromatic rings. The zero-order chi connectivity index (χ0) is 15.1. The van der Waals surface area contributed by atoms with Crippen LogP contribution in [0.5, 0.6) is 5.75 Å². The Hall–Kier alpha value is -1.62. The number of rotatable bonds is 6. The van der Waals surface area contributed by atoms with Gasteiger partial charge in [-0.2, -0.15) is 0 Å². The van der Waals surface area contributed by atoms with Crippen LogP contribution in [0.2, 0.25) is 0 Å². The maximum atomic E-state index is 13.6. The molecular weight excluding hydrogens is 271 g/mol. The SMILES string of the molecule is CCC(CNC(=O)C1CCCNC1)Oc1ccccc1F. The van der Waals surface area contributed by atoms with Crippen molar-refractivity contribution in [1.29, 1.82) is 0 Å². The third kappa shape index (κ3) is 4.70. The van der Waals surface area contributed by atoms with Gasteiger partial charge in [-0.15, -0.1) is 0 Å². The number of hydrogen-bond acceptors (Lipinski definition) is 3. The van der Waals surface area contributed by atoms with Crippen molar-refractivity contribution in [2.24, 2.45) is 5.92 Å². The van der Waals surface area contributed by atoms with Crippen LogP contribution in [0.25, 0.3) is 0 Å². The van der Waals surface area contributed by atoms with E-state index in [9.17, 15) is 9.18 Å². The molecule has 0 aromatic heterocycles. The molecule has 1 aliphatic heterocycles. The fourth-order valence-electron chi connectivity index (χ4n) is 2.42. The average Bonchev–Trinajstić information content (AvgIpc) is 2.53. The van der Waals surface area contributed by atoms with Crippen LogP contribution in [-0.4, -0.2) is 31.6 Å². The standard InChI is InChI=1S/C16H23FN2O2/c1-2-13(21-15-8-4-3-7-14(15)17)11-19-16(20)12-6-5-9-18-10-12/h3-4,7-8,12-13,18H,2,5-6,9-11H2,1H3,(H,19,20). The summed E-state index contributed by atoms with van der Waals surface area (Å²) in [5, 5.41) is 6.14. The van der Waals surface area contributed by atoms with Gasteiger partial charge in [-0.05, 0) is 37.9 Å². The zero-order valence-corrected chi connectivity index (χ0v) is 12.4. The summed E-state index contributed by atoms with van der Waals surface area (Å²) < 4.78 is 19.2. The largest absolute Gasteiger partial charge is 0.486 e. The van der Waals surface area contributed by atoms with E-state index in [2.05, 4.69) is 10.6 Å². The molecule has 1 aliphatic rings. The molecule has 2 N–H and O–H groups in total. The second kappa shape index (κ2) is 7.98. The Balaban J connectivity index is 1.82. The minimum atomic E-state index is -0.376. The lowest BCUT2D eigenvalue weighted by atomic mass is 9.99. The number of nitrogens with one attached hydrogen (secondary N) is 2. The average molecular weight is 294 g/mol. The molecule has 116 valence electrons. The first kappa shape index (κ1) is 15.8. The summed E-state index contributed by atoms with van der Waals surface area (Å²) in [6.45, 7) is 4.08. The fraction of sp³-hybridized carbons (Fsp3) is 0.562. The lowest BCUT2D eigenvalue weighted by molar-refractivity contribution is -0.125. The van der Waals surface area contributed by atoms with Gasteiger partial charge in [0.2, 0.25) is 5.91 Å². The summed E-state index contributed by atoms with van der Waals surface area (Å²) in [4.78, 5) is 12.1. The smallest absolute Gasteiger partial charge is 0.224 e. The Morgan fingerprint density at radius 1 is 1.52 bits per heavy atom. The minimum Gasteiger partial charge on any atom is -0.486 e. The number of benzene rings is 1. The van der Waals surface area contributed by atoms with Crippen LogP contribution in [-0.2, 0) is 4.79 Å². The Morgan fingerprint density at radius 2 is 2.33 bits per heavy atom. The van der Waals surface area contributed by atoms with Crippen LogP contribution >= 0.6 is 0 Å². The molecule has 0 spiro atoms. The van der Waals surface area contributed by atoms with Gasteiger partial charge in [0.1, 0.15) is 6.10 Å². The molecule has 5 heteroatoms. The van der Waals surface area contributed by atoms with E-state index in [1.54, 1.807) is 18.2 Å². The van der Waals surface area contributed by atoms with E-state index >= 15 is 0 Å². The second-order valence-electron chi connectivity index (χ2n) is 5.37. The molecule has 1 saturated heterocycles. The summed E-state index contributed by atoms with van der Waals surface area (Å²) in [5.74, 6) is -0.0563. The van der Waals surface area contributed by atoms with Crippen molar-refractivity contribution in [3.05, 3.63) is 30.1 Å². The molecule has 1 amide bonds. The highest BCUT2D eigenvalue weighted by Crippen LogP contribution is 2.18. The maximum Gasteiger partial charge on any atom is 0.224 e. The first-order chi connectivity index (χ1) is 10.2. The lowest BCUT2D eigenvalue weighted by Crippen LogP contribution is -2.43. The topological polar surface area (TPSA) is 50.4 Å². The van der Waals surface area contributed by atoms with Crippen LogP contribution in [0, 0.1) is 11.7 Å². The second-order valence-corrected chi connectivity index (χ2v) is 5.37. The Bertz CT molecular complexity index is 461. The normalized spacial score (nSPS) is 19.8. The number of amides is 1. The van der Waals surface area contributed by atoms with Crippen LogP contribution in [0.4, 0.5) is 4.39 Å². The van der Waals surface area contributed by atoms with Crippen molar-refractivity contribution in [2.75, 3.05) is 19.6 Å². The van der Waals surface area contributed by atoms with Crippen molar-refractivity contribution in [3.63, 3.8) is 0 Å². The van der Waals surface area contributed by atoms with E-state index in [0.29, 0.717) is 13.0 Å². The van der Waals surface area contributed by atoms with Gasteiger partial charge in [0.15, 0.2) is 11.6 Å². The highest BCUT2D eigenvalue weighted by molar-refractivity contribution is 5.79. The molecule has 21 heavy (non-hydrogen) atoms. The van der Waals surface area contributed by atoms with Crippen LogP contribution in [0.1, 0.15) is 26.2 Å². The van der Waals surface area contributed by atoms with E-state index in [4.69, 9.17) is 4.74 Å². The Labute approximate surface area is 125 Å². The molecule has 1 aromatic carbocycles. The Morgan fingerprint density at radius 3 is 3.00 bits per heavy atom.